The van der Waals surface area contributed by atoms with E-state index in [9.17, 15) is 0 Å². The molecule has 1 aromatic heterocycles. The number of furan rings is 1. The molecule has 2 N–H and O–H groups in total. The van der Waals surface area contributed by atoms with Crippen LogP contribution in [0.15, 0.2) is 64.0 Å². The van der Waals surface area contributed by atoms with Gasteiger partial charge >= 0.3 is 0 Å². The number of ether oxygens (including phenoxy) is 1. The fraction of sp³-hybridized carbons (Fsp3) is 0.250. The number of methoxy groups -OCH3 is 1. The quantitative estimate of drug-likeness (QED) is 0.329. The summed E-state index contributed by atoms with van der Waals surface area (Å²) in [6.45, 7) is 1.35. The fourth-order valence-electron chi connectivity index (χ4n) is 2.74. The minimum atomic E-state index is 0. The number of benzene rings is 2. The number of fused-ring (bicyclic) bond motifs is 1. The number of para-hydroxylation sites is 2. The van der Waals surface area contributed by atoms with E-state index < -0.39 is 0 Å². The molecule has 0 spiro atoms. The van der Waals surface area contributed by atoms with E-state index in [0.29, 0.717) is 6.54 Å². The zero-order valence-corrected chi connectivity index (χ0v) is 17.3. The molecular formula is C20H24IN3O2. The Bertz CT molecular complexity index is 828. The smallest absolute Gasteiger partial charge is 0.191 e. The first-order valence-electron chi connectivity index (χ1n) is 8.34. The summed E-state index contributed by atoms with van der Waals surface area (Å²) in [6, 6.07) is 18.1. The minimum absolute atomic E-state index is 0. The molecule has 5 nitrogen and oxygen atoms in total. The third-order valence-electron chi connectivity index (χ3n) is 4.01. The zero-order chi connectivity index (χ0) is 17.5. The summed E-state index contributed by atoms with van der Waals surface area (Å²) in [5.41, 5.74) is 2.07. The largest absolute Gasteiger partial charge is 0.496 e. The topological polar surface area (TPSA) is 58.8 Å². The summed E-state index contributed by atoms with van der Waals surface area (Å²) in [7, 11) is 3.46. The van der Waals surface area contributed by atoms with Gasteiger partial charge in [0.1, 0.15) is 17.1 Å². The third kappa shape index (κ3) is 5.14. The van der Waals surface area contributed by atoms with Crippen molar-refractivity contribution < 1.29 is 9.15 Å². The Morgan fingerprint density at radius 3 is 2.62 bits per heavy atom. The van der Waals surface area contributed by atoms with Gasteiger partial charge in [0.15, 0.2) is 5.96 Å². The highest BCUT2D eigenvalue weighted by atomic mass is 127. The average Bonchev–Trinajstić information content (AvgIpc) is 3.07. The lowest BCUT2D eigenvalue weighted by Crippen LogP contribution is -2.37. The predicted octanol–water partition coefficient (Wildman–Crippen LogP) is 3.97. The van der Waals surface area contributed by atoms with E-state index in [1.165, 1.54) is 5.56 Å². The Labute approximate surface area is 170 Å². The number of hydrogen-bond acceptors (Lipinski definition) is 3. The van der Waals surface area contributed by atoms with Crippen molar-refractivity contribution in [3.63, 3.8) is 0 Å². The van der Waals surface area contributed by atoms with Gasteiger partial charge in [-0.1, -0.05) is 36.4 Å². The number of hydrogen-bond donors (Lipinski definition) is 2. The van der Waals surface area contributed by atoms with Crippen molar-refractivity contribution in [3.05, 3.63) is 65.9 Å². The van der Waals surface area contributed by atoms with Crippen LogP contribution in [0.2, 0.25) is 0 Å². The normalized spacial score (nSPS) is 11.1. The van der Waals surface area contributed by atoms with Gasteiger partial charge in [0.25, 0.3) is 0 Å². The average molecular weight is 465 g/mol. The van der Waals surface area contributed by atoms with E-state index in [4.69, 9.17) is 9.15 Å². The highest BCUT2D eigenvalue weighted by Gasteiger charge is 2.05. The van der Waals surface area contributed by atoms with E-state index in [1.807, 2.05) is 48.5 Å². The van der Waals surface area contributed by atoms with Crippen molar-refractivity contribution in [2.24, 2.45) is 4.99 Å². The van der Waals surface area contributed by atoms with Crippen molar-refractivity contribution in [1.82, 2.24) is 10.6 Å². The Balaban J connectivity index is 0.00000243. The molecule has 0 fully saturated rings. The maximum Gasteiger partial charge on any atom is 0.191 e. The van der Waals surface area contributed by atoms with Crippen molar-refractivity contribution in [3.8, 4) is 5.75 Å². The summed E-state index contributed by atoms with van der Waals surface area (Å²) in [5.74, 6) is 2.54. The Morgan fingerprint density at radius 2 is 1.85 bits per heavy atom. The van der Waals surface area contributed by atoms with E-state index in [1.54, 1.807) is 14.2 Å². The van der Waals surface area contributed by atoms with Gasteiger partial charge in [-0.3, -0.25) is 4.99 Å². The van der Waals surface area contributed by atoms with Crippen LogP contribution in [0, 0.1) is 0 Å². The molecule has 0 saturated carbocycles. The molecule has 0 aliphatic heterocycles. The summed E-state index contributed by atoms with van der Waals surface area (Å²) in [4.78, 5) is 4.25. The van der Waals surface area contributed by atoms with Gasteiger partial charge in [0.05, 0.1) is 13.7 Å². The second-order valence-electron chi connectivity index (χ2n) is 5.66. The summed E-state index contributed by atoms with van der Waals surface area (Å²) in [5, 5.41) is 7.70. The first-order chi connectivity index (χ1) is 12.3. The van der Waals surface area contributed by atoms with E-state index >= 15 is 0 Å². The highest BCUT2D eigenvalue weighted by molar-refractivity contribution is 14.0. The molecule has 26 heavy (non-hydrogen) atoms. The lowest BCUT2D eigenvalue weighted by Gasteiger charge is -2.12. The molecule has 0 aliphatic rings. The van der Waals surface area contributed by atoms with Crippen molar-refractivity contribution >= 4 is 40.9 Å². The van der Waals surface area contributed by atoms with Crippen LogP contribution in [0.1, 0.15) is 11.3 Å². The lowest BCUT2D eigenvalue weighted by molar-refractivity contribution is 0.409. The van der Waals surface area contributed by atoms with Crippen LogP contribution in [-0.4, -0.2) is 26.7 Å². The molecule has 0 amide bonds. The van der Waals surface area contributed by atoms with Gasteiger partial charge in [-0.25, -0.2) is 0 Å². The number of nitrogens with zero attached hydrogens (tertiary/aromatic N) is 1. The van der Waals surface area contributed by atoms with Crippen molar-refractivity contribution in [2.75, 3.05) is 20.7 Å². The molecule has 1 heterocycles. The van der Waals surface area contributed by atoms with E-state index in [0.717, 1.165) is 41.4 Å². The van der Waals surface area contributed by atoms with Crippen LogP contribution in [-0.2, 0) is 13.0 Å². The van der Waals surface area contributed by atoms with Gasteiger partial charge in [0, 0.05) is 19.0 Å². The molecule has 3 aromatic rings. The summed E-state index contributed by atoms with van der Waals surface area (Å²) in [6.07, 6.45) is 0.856. The second-order valence-corrected chi connectivity index (χ2v) is 5.66. The van der Waals surface area contributed by atoms with Crippen LogP contribution >= 0.6 is 24.0 Å². The first-order valence-corrected chi connectivity index (χ1v) is 8.34. The van der Waals surface area contributed by atoms with Crippen molar-refractivity contribution in [2.45, 2.75) is 13.0 Å². The molecule has 0 atom stereocenters. The summed E-state index contributed by atoms with van der Waals surface area (Å²) < 4.78 is 11.2. The monoisotopic (exact) mass is 465 g/mol. The number of guanidine groups is 1. The Morgan fingerprint density at radius 1 is 1.08 bits per heavy atom. The number of aliphatic imine (C=N–C) groups is 1. The minimum Gasteiger partial charge on any atom is -0.496 e. The SMILES string of the molecule is CN=C(NCCc1ccccc1OC)NCc1cc2ccccc2o1.I. The van der Waals surface area contributed by atoms with Gasteiger partial charge in [-0.15, -0.1) is 24.0 Å². The zero-order valence-electron chi connectivity index (χ0n) is 15.0. The molecule has 6 heteroatoms. The second kappa shape index (κ2) is 10.1. The maximum absolute atomic E-state index is 5.81. The molecular weight excluding hydrogens is 441 g/mol. The molecule has 0 saturated heterocycles. The van der Waals surface area contributed by atoms with Crippen molar-refractivity contribution in [1.29, 1.82) is 0 Å². The third-order valence-corrected chi connectivity index (χ3v) is 4.01. The fourth-order valence-corrected chi connectivity index (χ4v) is 2.74. The lowest BCUT2D eigenvalue weighted by atomic mass is 10.1. The van der Waals surface area contributed by atoms with Gasteiger partial charge < -0.3 is 19.8 Å². The molecule has 138 valence electrons. The molecule has 2 aromatic carbocycles. The molecule has 0 aliphatic carbocycles. The molecule has 0 bridgehead atoms. The van der Waals surface area contributed by atoms with Gasteiger partial charge in [-0.05, 0) is 30.2 Å². The van der Waals surface area contributed by atoms with Crippen LogP contribution in [0.25, 0.3) is 11.0 Å². The number of halogens is 1. The first kappa shape index (κ1) is 20.1. The molecule has 3 rings (SSSR count). The van der Waals surface area contributed by atoms with Gasteiger partial charge in [-0.2, -0.15) is 0 Å². The number of rotatable bonds is 6. The molecule has 0 radical (unpaired) electrons. The van der Waals surface area contributed by atoms with E-state index in [2.05, 4.69) is 21.7 Å². The van der Waals surface area contributed by atoms with E-state index in [-0.39, 0.29) is 24.0 Å². The maximum atomic E-state index is 5.81. The van der Waals surface area contributed by atoms with Gasteiger partial charge in [0.2, 0.25) is 0 Å². The predicted molar refractivity (Wildman–Crippen MR) is 117 cm³/mol. The summed E-state index contributed by atoms with van der Waals surface area (Å²) >= 11 is 0. The van der Waals surface area contributed by atoms with Crippen LogP contribution in [0.3, 0.4) is 0 Å². The number of nitrogens with one attached hydrogen (secondary N) is 2. The van der Waals surface area contributed by atoms with Crippen LogP contribution in [0.5, 0.6) is 5.75 Å². The van der Waals surface area contributed by atoms with Crippen LogP contribution < -0.4 is 15.4 Å². The molecule has 0 unspecified atom stereocenters. The van der Waals surface area contributed by atoms with Crippen LogP contribution in [0.4, 0.5) is 0 Å². The Hall–Kier alpha value is -2.22. The standard InChI is InChI=1S/C20H23N3O2.HI/c1-21-20(22-12-11-15-7-3-5-9-18(15)24-2)23-14-17-13-16-8-4-6-10-19(16)25-17;/h3-10,13H,11-12,14H2,1-2H3,(H2,21,22,23);1H. The highest BCUT2D eigenvalue weighted by Crippen LogP contribution is 2.18. The Kier molecular flexibility index (Phi) is 7.77.